The Hall–Kier alpha value is -1.94. The van der Waals surface area contributed by atoms with E-state index in [-0.39, 0.29) is 16.4 Å². The maximum absolute atomic E-state index is 13.5. The zero-order valence-corrected chi connectivity index (χ0v) is 11.1. The molecule has 0 saturated carbocycles. The lowest BCUT2D eigenvalue weighted by Gasteiger charge is -2.01. The fourth-order valence-corrected chi connectivity index (χ4v) is 1.93. The highest BCUT2D eigenvalue weighted by atomic mass is 35.5. The molecular weight excluding hydrogens is 267 g/mol. The lowest BCUT2D eigenvalue weighted by molar-refractivity contribution is 0.103. The number of carbonyl (C=O) groups is 1. The Kier molecular flexibility index (Phi) is 4.12. The molecule has 1 heterocycles. The molecule has 2 rings (SSSR count). The van der Waals surface area contributed by atoms with Crippen LogP contribution in [-0.4, -0.2) is 15.6 Å². The van der Waals surface area contributed by atoms with Gasteiger partial charge in [-0.05, 0) is 37.3 Å². The van der Waals surface area contributed by atoms with Crippen molar-refractivity contribution in [3.8, 4) is 0 Å². The van der Waals surface area contributed by atoms with Crippen LogP contribution >= 0.6 is 11.6 Å². The summed E-state index contributed by atoms with van der Waals surface area (Å²) in [5, 5.41) is 4.28. The van der Waals surface area contributed by atoms with Crippen LogP contribution in [0.15, 0.2) is 36.5 Å². The van der Waals surface area contributed by atoms with E-state index in [2.05, 4.69) is 5.10 Å². The van der Waals surface area contributed by atoms with Crippen LogP contribution in [0.1, 0.15) is 23.0 Å². The second-order valence-electron chi connectivity index (χ2n) is 3.87. The Morgan fingerprint density at radius 1 is 1.47 bits per heavy atom. The van der Waals surface area contributed by atoms with E-state index in [1.54, 1.807) is 23.0 Å². The minimum Gasteiger partial charge on any atom is -0.288 e. The van der Waals surface area contributed by atoms with Crippen molar-refractivity contribution in [2.24, 2.45) is 0 Å². The molecule has 0 amide bonds. The van der Waals surface area contributed by atoms with Crippen LogP contribution in [0.4, 0.5) is 4.39 Å². The minimum absolute atomic E-state index is 0.208. The fraction of sp³-hybridized carbons (Fsp3) is 0.143. The van der Waals surface area contributed by atoms with Gasteiger partial charge in [0.15, 0.2) is 0 Å². The van der Waals surface area contributed by atoms with Crippen LogP contribution in [0.3, 0.4) is 0 Å². The number of benzene rings is 1. The Morgan fingerprint density at radius 2 is 2.26 bits per heavy atom. The first-order chi connectivity index (χ1) is 9.13. The predicted octanol–water partition coefficient (Wildman–Crippen LogP) is 3.59. The average Bonchev–Trinajstić information content (AvgIpc) is 2.86. The lowest BCUT2D eigenvalue weighted by atomic mass is 10.1. The molecule has 0 aliphatic carbocycles. The molecular formula is C14H12ClFN2O. The number of allylic oxidation sites excluding steroid dienone is 1. The minimum atomic E-state index is -0.458. The Balaban J connectivity index is 2.26. The van der Waals surface area contributed by atoms with E-state index < -0.39 is 5.82 Å². The lowest BCUT2D eigenvalue weighted by Crippen LogP contribution is -2.07. The maximum atomic E-state index is 13.5. The highest BCUT2D eigenvalue weighted by Gasteiger charge is 2.09. The van der Waals surface area contributed by atoms with E-state index in [0.29, 0.717) is 12.2 Å². The molecule has 1 aromatic carbocycles. The van der Waals surface area contributed by atoms with Gasteiger partial charge in [0.25, 0.3) is 0 Å². The second kappa shape index (κ2) is 5.80. The van der Waals surface area contributed by atoms with Gasteiger partial charge in [-0.15, -0.1) is 0 Å². The Morgan fingerprint density at radius 3 is 2.95 bits per heavy atom. The van der Waals surface area contributed by atoms with Crippen molar-refractivity contribution in [1.29, 1.82) is 0 Å². The molecule has 3 nitrogen and oxygen atoms in total. The van der Waals surface area contributed by atoms with Crippen molar-refractivity contribution in [3.63, 3.8) is 0 Å². The zero-order valence-electron chi connectivity index (χ0n) is 10.3. The first kappa shape index (κ1) is 13.5. The number of nitrogens with zero attached hydrogens (tertiary/aromatic N) is 2. The average molecular weight is 279 g/mol. The molecule has 0 unspecified atom stereocenters. The molecule has 0 aliphatic rings. The number of hydrogen-bond donors (Lipinski definition) is 0. The molecule has 0 bridgehead atoms. The first-order valence-corrected chi connectivity index (χ1v) is 6.19. The Labute approximate surface area is 115 Å². The molecule has 0 aliphatic heterocycles. The molecule has 0 saturated heterocycles. The number of ketones is 1. The van der Waals surface area contributed by atoms with Crippen LogP contribution in [0.5, 0.6) is 0 Å². The van der Waals surface area contributed by atoms with Gasteiger partial charge >= 0.3 is 0 Å². The topological polar surface area (TPSA) is 34.9 Å². The molecule has 5 heteroatoms. The number of carbonyl (C=O) groups excluding carboxylic acids is 1. The predicted molar refractivity (Wildman–Crippen MR) is 72.7 cm³/mol. The third-order valence-electron chi connectivity index (χ3n) is 2.67. The van der Waals surface area contributed by atoms with Crippen LogP contribution < -0.4 is 0 Å². The van der Waals surface area contributed by atoms with Crippen molar-refractivity contribution >= 4 is 23.5 Å². The normalized spacial score (nSPS) is 11.1. The van der Waals surface area contributed by atoms with Gasteiger partial charge in [-0.2, -0.15) is 5.10 Å². The first-order valence-electron chi connectivity index (χ1n) is 5.81. The van der Waals surface area contributed by atoms with E-state index in [0.717, 1.165) is 0 Å². The summed E-state index contributed by atoms with van der Waals surface area (Å²) in [6.07, 6.45) is 4.24. The van der Waals surface area contributed by atoms with Gasteiger partial charge < -0.3 is 0 Å². The van der Waals surface area contributed by atoms with E-state index in [4.69, 9.17) is 11.6 Å². The van der Waals surface area contributed by atoms with Gasteiger partial charge in [0.1, 0.15) is 11.5 Å². The third kappa shape index (κ3) is 2.90. The van der Waals surface area contributed by atoms with E-state index >= 15 is 0 Å². The highest BCUT2D eigenvalue weighted by Crippen LogP contribution is 2.20. The van der Waals surface area contributed by atoms with Crippen molar-refractivity contribution in [2.75, 3.05) is 0 Å². The molecule has 1 aromatic heterocycles. The monoisotopic (exact) mass is 278 g/mol. The second-order valence-corrected chi connectivity index (χ2v) is 4.27. The molecule has 0 radical (unpaired) electrons. The van der Waals surface area contributed by atoms with Crippen molar-refractivity contribution in [3.05, 3.63) is 58.6 Å². The summed E-state index contributed by atoms with van der Waals surface area (Å²) in [5.74, 6) is -0.695. The van der Waals surface area contributed by atoms with Crippen LogP contribution in [-0.2, 0) is 6.54 Å². The van der Waals surface area contributed by atoms with E-state index in [9.17, 15) is 9.18 Å². The standard InChI is InChI=1S/C14H12ClFN2O/c1-2-18-13(8-9-17-18)14(19)7-6-10-11(15)4-3-5-12(10)16/h3-9H,2H2,1H3/b7-6-. The van der Waals surface area contributed by atoms with E-state index in [1.165, 1.54) is 24.3 Å². The largest absolute Gasteiger partial charge is 0.288 e. The van der Waals surface area contributed by atoms with Crippen molar-refractivity contribution < 1.29 is 9.18 Å². The van der Waals surface area contributed by atoms with Gasteiger partial charge in [0.2, 0.25) is 5.78 Å². The molecule has 0 spiro atoms. The summed E-state index contributed by atoms with van der Waals surface area (Å²) < 4.78 is 15.1. The fourth-order valence-electron chi connectivity index (χ4n) is 1.71. The molecule has 0 atom stereocenters. The zero-order chi connectivity index (χ0) is 13.8. The summed E-state index contributed by atoms with van der Waals surface area (Å²) >= 11 is 5.88. The third-order valence-corrected chi connectivity index (χ3v) is 3.00. The van der Waals surface area contributed by atoms with Gasteiger partial charge in [0, 0.05) is 18.3 Å². The summed E-state index contributed by atoms with van der Waals surface area (Å²) in [7, 11) is 0. The van der Waals surface area contributed by atoms with Gasteiger partial charge in [0.05, 0.1) is 5.02 Å². The van der Waals surface area contributed by atoms with Crippen LogP contribution in [0.2, 0.25) is 5.02 Å². The quantitative estimate of drug-likeness (QED) is 0.633. The molecule has 2 aromatic rings. The number of rotatable bonds is 4. The summed E-state index contributed by atoms with van der Waals surface area (Å²) in [6, 6.07) is 6.01. The molecule has 19 heavy (non-hydrogen) atoms. The molecule has 0 fully saturated rings. The number of hydrogen-bond acceptors (Lipinski definition) is 2. The number of aromatic nitrogens is 2. The molecule has 0 N–H and O–H groups in total. The van der Waals surface area contributed by atoms with Gasteiger partial charge in [-0.3, -0.25) is 9.48 Å². The van der Waals surface area contributed by atoms with Crippen molar-refractivity contribution in [1.82, 2.24) is 9.78 Å². The maximum Gasteiger partial charge on any atom is 0.203 e. The summed E-state index contributed by atoms with van der Waals surface area (Å²) in [6.45, 7) is 2.49. The summed E-state index contributed by atoms with van der Waals surface area (Å²) in [5.41, 5.74) is 0.672. The van der Waals surface area contributed by atoms with Crippen LogP contribution in [0.25, 0.3) is 6.08 Å². The molecule has 98 valence electrons. The SMILES string of the molecule is CCn1nccc1C(=O)/C=C\c1c(F)cccc1Cl. The van der Waals surface area contributed by atoms with Crippen molar-refractivity contribution in [2.45, 2.75) is 13.5 Å². The van der Waals surface area contributed by atoms with Gasteiger partial charge in [-0.25, -0.2) is 4.39 Å². The Bertz CT molecular complexity index is 614. The highest BCUT2D eigenvalue weighted by molar-refractivity contribution is 6.32. The summed E-state index contributed by atoms with van der Waals surface area (Å²) in [4.78, 5) is 12.0. The van der Waals surface area contributed by atoms with E-state index in [1.807, 2.05) is 6.92 Å². The smallest absolute Gasteiger partial charge is 0.203 e. The van der Waals surface area contributed by atoms with Gasteiger partial charge in [-0.1, -0.05) is 17.7 Å². The number of aryl methyl sites for hydroxylation is 1. The van der Waals surface area contributed by atoms with Crippen LogP contribution in [0, 0.1) is 5.82 Å². The number of halogens is 2.